The molecule has 5 rings (SSSR count). The van der Waals surface area contributed by atoms with Crippen LogP contribution in [0.3, 0.4) is 0 Å². The third kappa shape index (κ3) is 1.67. The van der Waals surface area contributed by atoms with Crippen LogP contribution in [0.1, 0.15) is 28.4 Å². The van der Waals surface area contributed by atoms with Crippen LogP contribution in [0.2, 0.25) is 0 Å². The van der Waals surface area contributed by atoms with Gasteiger partial charge in [0.2, 0.25) is 11.4 Å². The summed E-state index contributed by atoms with van der Waals surface area (Å²) in [7, 11) is 0. The third-order valence-electron chi connectivity index (χ3n) is 4.87. The zero-order chi connectivity index (χ0) is 16.4. The van der Waals surface area contributed by atoms with Crippen LogP contribution in [0, 0.1) is 6.92 Å². The van der Waals surface area contributed by atoms with Crippen molar-refractivity contribution in [3.8, 4) is 22.8 Å². The van der Waals surface area contributed by atoms with E-state index in [4.69, 9.17) is 4.74 Å². The molecular formula is C21H16NO2+. The summed E-state index contributed by atoms with van der Waals surface area (Å²) >= 11 is 0. The summed E-state index contributed by atoms with van der Waals surface area (Å²) in [5.74, 6) is 1.41. The van der Waals surface area contributed by atoms with Crippen LogP contribution >= 0.6 is 0 Å². The molecule has 1 atom stereocenters. The Kier molecular flexibility index (Phi) is 2.57. The van der Waals surface area contributed by atoms with Crippen molar-refractivity contribution in [1.82, 2.24) is 0 Å². The molecule has 0 amide bonds. The zero-order valence-corrected chi connectivity index (χ0v) is 13.3. The maximum Gasteiger partial charge on any atom is 0.219 e. The van der Waals surface area contributed by atoms with Crippen LogP contribution in [0.5, 0.6) is 11.5 Å². The first-order valence-electron chi connectivity index (χ1n) is 7.98. The number of pyridine rings is 1. The van der Waals surface area contributed by atoms with Gasteiger partial charge in [0.15, 0.2) is 6.20 Å². The fourth-order valence-corrected chi connectivity index (χ4v) is 3.61. The molecule has 3 heteroatoms. The smallest absolute Gasteiger partial charge is 0.219 e. The first-order chi connectivity index (χ1) is 11.6. The van der Waals surface area contributed by atoms with Gasteiger partial charge in [0.1, 0.15) is 17.6 Å². The molecule has 1 N–H and O–H groups in total. The van der Waals surface area contributed by atoms with Gasteiger partial charge in [-0.05, 0) is 37.3 Å². The lowest BCUT2D eigenvalue weighted by atomic mass is 9.93. The van der Waals surface area contributed by atoms with Gasteiger partial charge in [0, 0.05) is 23.3 Å². The van der Waals surface area contributed by atoms with Gasteiger partial charge in [-0.1, -0.05) is 18.2 Å². The minimum atomic E-state index is -0.678. The largest absolute Gasteiger partial charge is 0.457 e. The second-order valence-corrected chi connectivity index (χ2v) is 6.38. The molecule has 3 nitrogen and oxygen atoms in total. The van der Waals surface area contributed by atoms with E-state index in [1.165, 1.54) is 5.56 Å². The number of aliphatic hydroxyl groups is 1. The highest BCUT2D eigenvalue weighted by Crippen LogP contribution is 2.46. The van der Waals surface area contributed by atoms with Crippen LogP contribution in [-0.2, 0) is 0 Å². The lowest BCUT2D eigenvalue weighted by molar-refractivity contribution is -0.562. The standard InChI is InChI=1S/C21H16NO2/c1-12-7-8-22-13(2)15-11-20-17(10-16(15)18(22)9-12)21(23)14-5-3-4-6-19(14)24-20/h3-11,21,23H,2H2,1H3/q+1. The predicted molar refractivity (Wildman–Crippen MR) is 91.8 cm³/mol. The second kappa shape index (κ2) is 4.56. The number of fused-ring (bicyclic) bond motifs is 5. The highest BCUT2D eigenvalue weighted by molar-refractivity contribution is 5.82. The minimum Gasteiger partial charge on any atom is -0.457 e. The highest BCUT2D eigenvalue weighted by Gasteiger charge is 2.35. The molecule has 3 aromatic rings. The SMILES string of the molecule is C=C1c2cc3c(cc2-c2cc(C)cc[n+]21)C(O)c1ccccc1O3. The van der Waals surface area contributed by atoms with Crippen LogP contribution < -0.4 is 9.30 Å². The molecular weight excluding hydrogens is 298 g/mol. The molecule has 2 aliphatic rings. The molecule has 2 aliphatic heterocycles. The van der Waals surface area contributed by atoms with E-state index in [1.54, 1.807) is 0 Å². The molecule has 0 saturated heterocycles. The van der Waals surface area contributed by atoms with Crippen molar-refractivity contribution < 1.29 is 14.4 Å². The Balaban J connectivity index is 1.75. The Morgan fingerprint density at radius 1 is 1.00 bits per heavy atom. The summed E-state index contributed by atoms with van der Waals surface area (Å²) in [5, 5.41) is 10.8. The quantitative estimate of drug-likeness (QED) is 0.498. The molecule has 0 aliphatic carbocycles. The molecule has 116 valence electrons. The van der Waals surface area contributed by atoms with Crippen LogP contribution in [0.4, 0.5) is 0 Å². The number of aliphatic hydroxyl groups excluding tert-OH is 1. The number of benzene rings is 2. The normalized spacial score (nSPS) is 16.8. The Hall–Kier alpha value is -2.91. The first kappa shape index (κ1) is 13.5. The molecule has 1 unspecified atom stereocenters. The maximum absolute atomic E-state index is 10.8. The van der Waals surface area contributed by atoms with E-state index < -0.39 is 6.10 Å². The molecule has 0 radical (unpaired) electrons. The van der Waals surface area contributed by atoms with E-state index in [1.807, 2.05) is 42.6 Å². The van der Waals surface area contributed by atoms with E-state index in [0.29, 0.717) is 11.5 Å². The number of ether oxygens (including phenoxy) is 1. The second-order valence-electron chi connectivity index (χ2n) is 6.38. The zero-order valence-electron chi connectivity index (χ0n) is 13.3. The lowest BCUT2D eigenvalue weighted by Crippen LogP contribution is -2.29. The minimum absolute atomic E-state index is 0.678. The van der Waals surface area contributed by atoms with Crippen molar-refractivity contribution in [2.24, 2.45) is 0 Å². The van der Waals surface area contributed by atoms with Gasteiger partial charge in [0.25, 0.3) is 0 Å². The molecule has 2 aromatic carbocycles. The summed E-state index contributed by atoms with van der Waals surface area (Å²) in [6, 6.07) is 15.9. The third-order valence-corrected chi connectivity index (χ3v) is 4.87. The number of nitrogens with zero attached hydrogens (tertiary/aromatic N) is 1. The number of para-hydroxylation sites is 1. The number of hydrogen-bond acceptors (Lipinski definition) is 2. The molecule has 3 heterocycles. The van der Waals surface area contributed by atoms with Gasteiger partial charge in [-0.25, -0.2) is 0 Å². The van der Waals surface area contributed by atoms with Crippen LogP contribution in [-0.4, -0.2) is 5.11 Å². The summed E-state index contributed by atoms with van der Waals surface area (Å²) in [5.41, 5.74) is 6.97. The number of hydrogen-bond donors (Lipinski definition) is 1. The summed E-state index contributed by atoms with van der Waals surface area (Å²) in [6.07, 6.45) is 1.36. The van der Waals surface area contributed by atoms with Crippen molar-refractivity contribution in [3.05, 3.63) is 83.6 Å². The van der Waals surface area contributed by atoms with E-state index >= 15 is 0 Å². The first-order valence-corrected chi connectivity index (χ1v) is 7.98. The van der Waals surface area contributed by atoms with Crippen molar-refractivity contribution in [1.29, 1.82) is 0 Å². The molecule has 0 spiro atoms. The van der Waals surface area contributed by atoms with Crippen LogP contribution in [0.15, 0.2) is 61.3 Å². The van der Waals surface area contributed by atoms with Gasteiger partial charge in [-0.15, -0.1) is 0 Å². The number of aryl methyl sites for hydroxylation is 1. The Morgan fingerprint density at radius 3 is 2.71 bits per heavy atom. The topological polar surface area (TPSA) is 33.3 Å². The van der Waals surface area contributed by atoms with E-state index in [0.717, 1.165) is 33.6 Å². The Bertz CT molecular complexity index is 1040. The average Bonchev–Trinajstić information content (AvgIpc) is 2.85. The molecule has 24 heavy (non-hydrogen) atoms. The predicted octanol–water partition coefficient (Wildman–Crippen LogP) is 3.97. The fourth-order valence-electron chi connectivity index (χ4n) is 3.61. The fraction of sp³-hybridized carbons (Fsp3) is 0.0952. The highest BCUT2D eigenvalue weighted by atomic mass is 16.5. The van der Waals surface area contributed by atoms with Gasteiger partial charge >= 0.3 is 0 Å². The molecule has 1 aromatic heterocycles. The lowest BCUT2D eigenvalue weighted by Gasteiger charge is -2.25. The van der Waals surface area contributed by atoms with Crippen molar-refractivity contribution in [3.63, 3.8) is 0 Å². The van der Waals surface area contributed by atoms with E-state index in [9.17, 15) is 5.11 Å². The number of aromatic nitrogens is 1. The summed E-state index contributed by atoms with van der Waals surface area (Å²) < 4.78 is 8.12. The van der Waals surface area contributed by atoms with Gasteiger partial charge in [-0.2, -0.15) is 4.57 Å². The van der Waals surface area contributed by atoms with Crippen molar-refractivity contribution in [2.45, 2.75) is 13.0 Å². The molecule has 0 bridgehead atoms. The van der Waals surface area contributed by atoms with Gasteiger partial charge in [0.05, 0.1) is 11.1 Å². The summed E-state index contributed by atoms with van der Waals surface area (Å²) in [6.45, 7) is 6.30. The monoisotopic (exact) mass is 314 g/mol. The van der Waals surface area contributed by atoms with E-state index in [-0.39, 0.29) is 0 Å². The van der Waals surface area contributed by atoms with Crippen molar-refractivity contribution >= 4 is 5.70 Å². The maximum atomic E-state index is 10.8. The van der Waals surface area contributed by atoms with Crippen molar-refractivity contribution in [2.75, 3.05) is 0 Å². The molecule has 0 saturated carbocycles. The number of rotatable bonds is 0. The van der Waals surface area contributed by atoms with E-state index in [2.05, 4.69) is 30.2 Å². The average molecular weight is 314 g/mol. The Morgan fingerprint density at radius 2 is 1.83 bits per heavy atom. The van der Waals surface area contributed by atoms with Gasteiger partial charge in [-0.3, -0.25) is 0 Å². The molecule has 0 fully saturated rings. The Labute approximate surface area is 140 Å². The van der Waals surface area contributed by atoms with Gasteiger partial charge < -0.3 is 9.84 Å². The van der Waals surface area contributed by atoms with Crippen LogP contribution in [0.25, 0.3) is 17.0 Å². The summed E-state index contributed by atoms with van der Waals surface area (Å²) in [4.78, 5) is 0.